The SMILES string of the molecule is O=C(Cc1[nH]nc2ccccc12)NCC1CC12CCc1ccccc12. The van der Waals surface area contributed by atoms with Crippen LogP contribution in [-0.2, 0) is 23.1 Å². The molecule has 2 aromatic carbocycles. The van der Waals surface area contributed by atoms with E-state index in [9.17, 15) is 4.79 Å². The molecule has 2 N–H and O–H groups in total. The average molecular weight is 331 g/mol. The van der Waals surface area contributed by atoms with Crippen molar-refractivity contribution < 1.29 is 4.79 Å². The number of hydrogen-bond acceptors (Lipinski definition) is 2. The van der Waals surface area contributed by atoms with Crippen molar-refractivity contribution in [1.29, 1.82) is 0 Å². The Labute approximate surface area is 146 Å². The summed E-state index contributed by atoms with van der Waals surface area (Å²) >= 11 is 0. The van der Waals surface area contributed by atoms with Crippen molar-refractivity contribution in [1.82, 2.24) is 15.5 Å². The first-order chi connectivity index (χ1) is 12.3. The van der Waals surface area contributed by atoms with Crippen LogP contribution in [0, 0.1) is 5.92 Å². The maximum Gasteiger partial charge on any atom is 0.226 e. The van der Waals surface area contributed by atoms with Crippen LogP contribution in [0.25, 0.3) is 10.9 Å². The van der Waals surface area contributed by atoms with Crippen LogP contribution in [0.2, 0.25) is 0 Å². The standard InChI is InChI=1S/C21H21N3O/c25-20(11-19-16-6-2-4-8-18(16)23-24-19)22-13-15-12-21(15)10-9-14-5-1-3-7-17(14)21/h1-8,15H,9-13H2,(H,22,25)(H,23,24). The van der Waals surface area contributed by atoms with Crippen LogP contribution in [0.1, 0.15) is 29.7 Å². The minimum atomic E-state index is 0.0720. The van der Waals surface area contributed by atoms with Gasteiger partial charge in [-0.2, -0.15) is 5.10 Å². The number of carbonyl (C=O) groups is 1. The predicted octanol–water partition coefficient (Wildman–Crippen LogP) is 3.13. The first-order valence-corrected chi connectivity index (χ1v) is 9.03. The molecule has 1 saturated carbocycles. The van der Waals surface area contributed by atoms with E-state index in [0.29, 0.717) is 17.8 Å². The van der Waals surface area contributed by atoms with E-state index in [0.717, 1.165) is 23.1 Å². The average Bonchev–Trinajstić information content (AvgIpc) is 3.00. The van der Waals surface area contributed by atoms with Gasteiger partial charge < -0.3 is 5.32 Å². The monoisotopic (exact) mass is 331 g/mol. The molecule has 2 atom stereocenters. The zero-order chi connectivity index (χ0) is 16.9. The molecule has 4 heteroatoms. The lowest BCUT2D eigenvalue weighted by Gasteiger charge is -2.12. The lowest BCUT2D eigenvalue weighted by Crippen LogP contribution is -2.29. The molecule has 1 aromatic heterocycles. The number of aromatic amines is 1. The fraction of sp³-hybridized carbons (Fsp3) is 0.333. The Morgan fingerprint density at radius 1 is 1.20 bits per heavy atom. The molecule has 126 valence electrons. The lowest BCUT2D eigenvalue weighted by atomic mass is 9.95. The third-order valence-electron chi connectivity index (χ3n) is 6.05. The molecule has 4 nitrogen and oxygen atoms in total. The van der Waals surface area contributed by atoms with E-state index >= 15 is 0 Å². The second-order valence-electron chi connectivity index (χ2n) is 7.41. The van der Waals surface area contributed by atoms with E-state index in [-0.39, 0.29) is 5.91 Å². The molecular weight excluding hydrogens is 310 g/mol. The van der Waals surface area contributed by atoms with Crippen molar-refractivity contribution in [3.63, 3.8) is 0 Å². The highest BCUT2D eigenvalue weighted by atomic mass is 16.1. The van der Waals surface area contributed by atoms with Gasteiger partial charge in [0.15, 0.2) is 0 Å². The minimum absolute atomic E-state index is 0.0720. The van der Waals surface area contributed by atoms with E-state index < -0.39 is 0 Å². The molecule has 2 aliphatic rings. The highest BCUT2D eigenvalue weighted by Gasteiger charge is 2.57. The van der Waals surface area contributed by atoms with Crippen molar-refractivity contribution in [2.75, 3.05) is 6.54 Å². The Kier molecular flexibility index (Phi) is 3.20. The van der Waals surface area contributed by atoms with Gasteiger partial charge in [-0.05, 0) is 42.4 Å². The Morgan fingerprint density at radius 3 is 3.00 bits per heavy atom. The predicted molar refractivity (Wildman–Crippen MR) is 97.4 cm³/mol. The van der Waals surface area contributed by atoms with Crippen LogP contribution in [0.4, 0.5) is 0 Å². The smallest absolute Gasteiger partial charge is 0.226 e. The van der Waals surface area contributed by atoms with E-state index in [4.69, 9.17) is 0 Å². The fourth-order valence-electron chi connectivity index (χ4n) is 4.61. The molecule has 2 unspecified atom stereocenters. The van der Waals surface area contributed by atoms with Crippen LogP contribution in [0.15, 0.2) is 48.5 Å². The number of hydrogen-bond donors (Lipinski definition) is 2. The number of aromatic nitrogens is 2. The largest absolute Gasteiger partial charge is 0.355 e. The second kappa shape index (κ2) is 5.45. The molecule has 0 radical (unpaired) electrons. The van der Waals surface area contributed by atoms with Crippen molar-refractivity contribution in [3.05, 3.63) is 65.4 Å². The van der Waals surface area contributed by atoms with Gasteiger partial charge in [-0.3, -0.25) is 9.89 Å². The number of nitrogens with one attached hydrogen (secondary N) is 2. The number of nitrogens with zero attached hydrogens (tertiary/aromatic N) is 1. The van der Waals surface area contributed by atoms with Gasteiger partial charge in [-0.15, -0.1) is 0 Å². The topological polar surface area (TPSA) is 57.8 Å². The summed E-state index contributed by atoms with van der Waals surface area (Å²) in [5.74, 6) is 0.654. The Balaban J connectivity index is 1.22. The van der Waals surface area contributed by atoms with Crippen molar-refractivity contribution in [3.8, 4) is 0 Å². The van der Waals surface area contributed by atoms with Gasteiger partial charge >= 0.3 is 0 Å². The van der Waals surface area contributed by atoms with E-state index in [2.05, 4.69) is 39.8 Å². The molecule has 5 rings (SSSR count). The summed E-state index contributed by atoms with van der Waals surface area (Å²) < 4.78 is 0. The number of fused-ring (bicyclic) bond motifs is 3. The molecule has 1 fully saturated rings. The summed E-state index contributed by atoms with van der Waals surface area (Å²) in [6, 6.07) is 16.7. The molecule has 1 amide bonds. The normalized spacial score (nSPS) is 23.8. The summed E-state index contributed by atoms with van der Waals surface area (Å²) in [5.41, 5.74) is 5.16. The van der Waals surface area contributed by atoms with Gasteiger partial charge in [-0.25, -0.2) is 0 Å². The molecular formula is C21H21N3O. The Hall–Kier alpha value is -2.62. The van der Waals surface area contributed by atoms with E-state index in [1.807, 2.05) is 24.3 Å². The molecule has 0 aliphatic heterocycles. The number of H-pyrrole nitrogens is 1. The van der Waals surface area contributed by atoms with Crippen molar-refractivity contribution in [2.45, 2.75) is 31.1 Å². The summed E-state index contributed by atoms with van der Waals surface area (Å²) in [7, 11) is 0. The molecule has 0 saturated heterocycles. The van der Waals surface area contributed by atoms with Gasteiger partial charge in [0.2, 0.25) is 5.91 Å². The van der Waals surface area contributed by atoms with Crippen LogP contribution in [-0.4, -0.2) is 22.6 Å². The lowest BCUT2D eigenvalue weighted by molar-refractivity contribution is -0.120. The van der Waals surface area contributed by atoms with Gasteiger partial charge in [0.1, 0.15) is 0 Å². The number of carbonyl (C=O) groups excluding carboxylic acids is 1. The first kappa shape index (κ1) is 14.7. The number of para-hydroxylation sites is 1. The summed E-state index contributed by atoms with van der Waals surface area (Å²) in [6.45, 7) is 0.777. The highest BCUT2D eigenvalue weighted by Crippen LogP contribution is 2.61. The molecule has 3 aromatic rings. The van der Waals surface area contributed by atoms with Crippen LogP contribution in [0.5, 0.6) is 0 Å². The molecule has 1 spiro atoms. The zero-order valence-corrected chi connectivity index (χ0v) is 14.1. The fourth-order valence-corrected chi connectivity index (χ4v) is 4.61. The maximum atomic E-state index is 12.4. The maximum absolute atomic E-state index is 12.4. The summed E-state index contributed by atoms with van der Waals surface area (Å²) in [6.07, 6.45) is 3.98. The van der Waals surface area contributed by atoms with Crippen LogP contribution >= 0.6 is 0 Å². The Bertz CT molecular complexity index is 960. The number of benzene rings is 2. The van der Waals surface area contributed by atoms with Crippen LogP contribution in [0.3, 0.4) is 0 Å². The van der Waals surface area contributed by atoms with E-state index in [1.165, 1.54) is 30.4 Å². The highest BCUT2D eigenvalue weighted by molar-refractivity contribution is 5.87. The van der Waals surface area contributed by atoms with Gasteiger partial charge in [0.25, 0.3) is 0 Å². The van der Waals surface area contributed by atoms with Crippen molar-refractivity contribution >= 4 is 16.8 Å². The quantitative estimate of drug-likeness (QED) is 0.772. The zero-order valence-electron chi connectivity index (χ0n) is 14.1. The molecule has 0 bridgehead atoms. The second-order valence-corrected chi connectivity index (χ2v) is 7.41. The summed E-state index contributed by atoms with van der Waals surface area (Å²) in [4.78, 5) is 12.4. The summed E-state index contributed by atoms with van der Waals surface area (Å²) in [5, 5.41) is 11.4. The number of amides is 1. The van der Waals surface area contributed by atoms with E-state index in [1.54, 1.807) is 0 Å². The Morgan fingerprint density at radius 2 is 2.04 bits per heavy atom. The van der Waals surface area contributed by atoms with Gasteiger partial charge in [0.05, 0.1) is 17.6 Å². The van der Waals surface area contributed by atoms with Gasteiger partial charge in [0, 0.05) is 17.3 Å². The number of rotatable bonds is 4. The molecule has 2 aliphatic carbocycles. The minimum Gasteiger partial charge on any atom is -0.355 e. The number of aryl methyl sites for hydroxylation is 1. The molecule has 25 heavy (non-hydrogen) atoms. The first-order valence-electron chi connectivity index (χ1n) is 9.03. The third kappa shape index (κ3) is 2.36. The van der Waals surface area contributed by atoms with Crippen LogP contribution < -0.4 is 5.32 Å². The third-order valence-corrected chi connectivity index (χ3v) is 6.05. The van der Waals surface area contributed by atoms with Gasteiger partial charge in [-0.1, -0.05) is 42.5 Å². The molecule has 1 heterocycles. The van der Waals surface area contributed by atoms with Crippen molar-refractivity contribution in [2.24, 2.45) is 5.92 Å².